The van der Waals surface area contributed by atoms with E-state index in [0.29, 0.717) is 16.3 Å². The van der Waals surface area contributed by atoms with Gasteiger partial charge in [-0.15, -0.1) is 11.3 Å². The van der Waals surface area contributed by atoms with Crippen LogP contribution >= 0.6 is 11.3 Å². The Kier molecular flexibility index (Phi) is 4.87. The third kappa shape index (κ3) is 4.68. The number of carbonyl (C=O) groups is 1. The van der Waals surface area contributed by atoms with Gasteiger partial charge in [-0.2, -0.15) is 0 Å². The van der Waals surface area contributed by atoms with Gasteiger partial charge in [0.1, 0.15) is 0 Å². The number of carbonyl (C=O) groups excluding carboxylic acids is 1. The zero-order valence-electron chi connectivity index (χ0n) is 13.4. The monoisotopic (exact) mass is 372 g/mol. The zero-order chi connectivity index (χ0) is 17.9. The maximum atomic E-state index is 12.4. The van der Waals surface area contributed by atoms with Crippen molar-refractivity contribution >= 4 is 38.6 Å². The van der Waals surface area contributed by atoms with Crippen LogP contribution in [0.4, 0.5) is 11.4 Å². The van der Waals surface area contributed by atoms with E-state index in [-0.39, 0.29) is 5.91 Å². The third-order valence-corrected chi connectivity index (χ3v) is 4.89. The van der Waals surface area contributed by atoms with Gasteiger partial charge in [0.2, 0.25) is 10.0 Å². The molecule has 0 atom stereocenters. The predicted molar refractivity (Wildman–Crippen MR) is 103 cm³/mol. The van der Waals surface area contributed by atoms with Gasteiger partial charge in [0.15, 0.2) is 0 Å². The number of hydrogen-bond donors (Lipinski definition) is 2. The Morgan fingerprint density at radius 2 is 1.64 bits per heavy atom. The van der Waals surface area contributed by atoms with Gasteiger partial charge in [0.25, 0.3) is 5.91 Å². The van der Waals surface area contributed by atoms with Crippen LogP contribution in [0.1, 0.15) is 9.67 Å². The Morgan fingerprint density at radius 3 is 2.36 bits per heavy atom. The largest absolute Gasteiger partial charge is 0.321 e. The number of anilines is 2. The van der Waals surface area contributed by atoms with E-state index in [2.05, 4.69) is 10.0 Å². The summed E-state index contributed by atoms with van der Waals surface area (Å²) in [4.78, 5) is 13.0. The van der Waals surface area contributed by atoms with Crippen molar-refractivity contribution in [2.45, 2.75) is 0 Å². The van der Waals surface area contributed by atoms with Gasteiger partial charge in [0.05, 0.1) is 16.8 Å². The minimum atomic E-state index is -3.36. The van der Waals surface area contributed by atoms with Crippen LogP contribution < -0.4 is 10.0 Å². The Bertz CT molecular complexity index is 996. The summed E-state index contributed by atoms with van der Waals surface area (Å²) in [6, 6.07) is 18.2. The molecule has 1 amide bonds. The lowest BCUT2D eigenvalue weighted by Crippen LogP contribution is -2.12. The van der Waals surface area contributed by atoms with Crippen LogP contribution in [0.15, 0.2) is 66.0 Å². The lowest BCUT2D eigenvalue weighted by atomic mass is 10.1. The van der Waals surface area contributed by atoms with Crippen LogP contribution in [0, 0.1) is 0 Å². The van der Waals surface area contributed by atoms with Gasteiger partial charge >= 0.3 is 0 Å². The highest BCUT2D eigenvalue weighted by atomic mass is 32.2. The first kappa shape index (κ1) is 17.2. The molecule has 25 heavy (non-hydrogen) atoms. The van der Waals surface area contributed by atoms with E-state index in [4.69, 9.17) is 0 Å². The molecule has 0 radical (unpaired) electrons. The molecule has 0 unspecified atom stereocenters. The summed E-state index contributed by atoms with van der Waals surface area (Å²) in [5.41, 5.74) is 2.96. The summed E-state index contributed by atoms with van der Waals surface area (Å²) in [5.74, 6) is -0.233. The molecule has 5 nitrogen and oxygen atoms in total. The molecule has 3 rings (SSSR count). The van der Waals surface area contributed by atoms with Crippen molar-refractivity contribution in [1.82, 2.24) is 0 Å². The fourth-order valence-electron chi connectivity index (χ4n) is 2.30. The second-order valence-corrected chi connectivity index (χ2v) is 8.13. The lowest BCUT2D eigenvalue weighted by molar-refractivity contribution is 0.103. The summed E-state index contributed by atoms with van der Waals surface area (Å²) in [6.45, 7) is 0. The summed E-state index contributed by atoms with van der Waals surface area (Å²) >= 11 is 1.36. The number of thiophene rings is 1. The second kappa shape index (κ2) is 7.08. The number of rotatable bonds is 5. The summed E-state index contributed by atoms with van der Waals surface area (Å²) in [7, 11) is -3.36. The Labute approximate surface area is 150 Å². The minimum Gasteiger partial charge on any atom is -0.321 e. The molecule has 0 saturated carbocycles. The first-order valence-electron chi connectivity index (χ1n) is 7.44. The quantitative estimate of drug-likeness (QED) is 0.710. The zero-order valence-corrected chi connectivity index (χ0v) is 15.0. The van der Waals surface area contributed by atoms with Crippen LogP contribution in [0.25, 0.3) is 11.1 Å². The smallest absolute Gasteiger partial charge is 0.265 e. The summed E-state index contributed by atoms with van der Waals surface area (Å²) in [5, 5.41) is 4.72. The molecule has 1 heterocycles. The average molecular weight is 372 g/mol. The summed E-state index contributed by atoms with van der Waals surface area (Å²) < 4.78 is 25.0. The van der Waals surface area contributed by atoms with Crippen LogP contribution in [0.3, 0.4) is 0 Å². The molecule has 0 saturated heterocycles. The van der Waals surface area contributed by atoms with Crippen molar-refractivity contribution < 1.29 is 13.2 Å². The molecule has 0 spiro atoms. The van der Waals surface area contributed by atoms with E-state index in [1.165, 1.54) is 11.3 Å². The lowest BCUT2D eigenvalue weighted by Gasteiger charge is -2.07. The van der Waals surface area contributed by atoms with E-state index in [0.717, 1.165) is 17.4 Å². The maximum absolute atomic E-state index is 12.4. The molecule has 0 aliphatic rings. The first-order chi connectivity index (χ1) is 11.9. The van der Waals surface area contributed by atoms with Gasteiger partial charge in [0, 0.05) is 5.69 Å². The molecule has 0 aliphatic carbocycles. The third-order valence-electron chi connectivity index (χ3n) is 3.35. The van der Waals surface area contributed by atoms with E-state index < -0.39 is 10.0 Å². The molecule has 7 heteroatoms. The van der Waals surface area contributed by atoms with E-state index >= 15 is 0 Å². The fourth-order valence-corrected chi connectivity index (χ4v) is 3.67. The first-order valence-corrected chi connectivity index (χ1v) is 10.2. The average Bonchev–Trinajstić information content (AvgIpc) is 3.04. The highest BCUT2D eigenvalue weighted by molar-refractivity contribution is 7.92. The topological polar surface area (TPSA) is 75.3 Å². The molecule has 0 aliphatic heterocycles. The van der Waals surface area contributed by atoms with Crippen LogP contribution in [-0.2, 0) is 10.0 Å². The van der Waals surface area contributed by atoms with E-state index in [9.17, 15) is 13.2 Å². The van der Waals surface area contributed by atoms with E-state index in [1.807, 2.05) is 41.8 Å². The summed E-state index contributed by atoms with van der Waals surface area (Å²) in [6.07, 6.45) is 1.08. The normalized spacial score (nSPS) is 11.1. The van der Waals surface area contributed by atoms with Crippen LogP contribution in [-0.4, -0.2) is 20.6 Å². The number of hydrogen-bond acceptors (Lipinski definition) is 4. The molecule has 3 aromatic rings. The maximum Gasteiger partial charge on any atom is 0.265 e. The number of nitrogens with one attached hydrogen (secondary N) is 2. The molecule has 0 fully saturated rings. The molecule has 2 aromatic carbocycles. The Balaban J connectivity index is 1.75. The van der Waals surface area contributed by atoms with Crippen molar-refractivity contribution in [3.05, 3.63) is 70.9 Å². The highest BCUT2D eigenvalue weighted by Gasteiger charge is 2.11. The fraction of sp³-hybridized carbons (Fsp3) is 0.0556. The number of amides is 1. The Morgan fingerprint density at radius 1 is 0.920 bits per heavy atom. The van der Waals surface area contributed by atoms with Crippen LogP contribution in [0.5, 0.6) is 0 Å². The highest BCUT2D eigenvalue weighted by Crippen LogP contribution is 2.26. The van der Waals surface area contributed by atoms with E-state index in [1.54, 1.807) is 24.3 Å². The van der Waals surface area contributed by atoms with Crippen molar-refractivity contribution in [1.29, 1.82) is 0 Å². The van der Waals surface area contributed by atoms with Gasteiger partial charge in [-0.25, -0.2) is 8.42 Å². The van der Waals surface area contributed by atoms with Gasteiger partial charge in [-0.1, -0.05) is 36.4 Å². The predicted octanol–water partition coefficient (Wildman–Crippen LogP) is 4.04. The molecule has 2 N–H and O–H groups in total. The molecule has 1 aromatic heterocycles. The van der Waals surface area contributed by atoms with Gasteiger partial charge < -0.3 is 5.32 Å². The molecule has 0 bridgehead atoms. The van der Waals surface area contributed by atoms with Gasteiger partial charge in [-0.05, 0) is 40.8 Å². The number of benzene rings is 2. The number of sulfonamides is 1. The van der Waals surface area contributed by atoms with Crippen molar-refractivity contribution in [3.63, 3.8) is 0 Å². The molecular formula is C18H16N2O3S2. The second-order valence-electron chi connectivity index (χ2n) is 5.47. The Hall–Kier alpha value is -2.64. The molecule has 128 valence electrons. The standard InChI is InChI=1S/C18H16N2O3S2/c1-25(22,23)20-16-9-5-8-15(11-16)19-18(21)17-10-14(12-24-17)13-6-3-2-4-7-13/h2-12,20H,1H3,(H,19,21). The van der Waals surface area contributed by atoms with Crippen molar-refractivity contribution in [3.8, 4) is 11.1 Å². The SMILES string of the molecule is CS(=O)(=O)Nc1cccc(NC(=O)c2cc(-c3ccccc3)cs2)c1. The van der Waals surface area contributed by atoms with Crippen molar-refractivity contribution in [2.75, 3.05) is 16.3 Å². The minimum absolute atomic E-state index is 0.233. The molecular weight excluding hydrogens is 356 g/mol. The van der Waals surface area contributed by atoms with Crippen molar-refractivity contribution in [2.24, 2.45) is 0 Å². The van der Waals surface area contributed by atoms with Crippen LogP contribution in [0.2, 0.25) is 0 Å². The van der Waals surface area contributed by atoms with Gasteiger partial charge in [-0.3, -0.25) is 9.52 Å².